The molecule has 0 saturated heterocycles. The van der Waals surface area contributed by atoms with Crippen LogP contribution in [-0.2, 0) is 9.84 Å². The number of rotatable bonds is 4. The summed E-state index contributed by atoms with van der Waals surface area (Å²) in [6.07, 6.45) is 0. The number of benzene rings is 1. The van der Waals surface area contributed by atoms with Crippen molar-refractivity contribution in [1.29, 1.82) is 0 Å². The van der Waals surface area contributed by atoms with Gasteiger partial charge >= 0.3 is 0 Å². The highest BCUT2D eigenvalue weighted by molar-refractivity contribution is 7.94. The molecule has 0 saturated carbocycles. The standard InChI is InChI=1S/C15H20FNO2S/c1-11(2)15(16)14(17(4)5)10-20(18,19)13-8-6-12(3)7-9-13/h6-10H,1-5H3/b14-10-. The van der Waals surface area contributed by atoms with Crippen molar-refractivity contribution < 1.29 is 12.8 Å². The van der Waals surface area contributed by atoms with E-state index < -0.39 is 15.7 Å². The molecule has 5 heteroatoms. The first kappa shape index (κ1) is 16.4. The number of hydrogen-bond acceptors (Lipinski definition) is 3. The van der Waals surface area contributed by atoms with Crippen LogP contribution >= 0.6 is 0 Å². The molecule has 0 radical (unpaired) electrons. The number of sulfone groups is 1. The van der Waals surface area contributed by atoms with Crippen LogP contribution in [-0.4, -0.2) is 27.4 Å². The van der Waals surface area contributed by atoms with Crippen molar-refractivity contribution in [1.82, 2.24) is 4.90 Å². The maximum atomic E-state index is 14.1. The normalized spacial score (nSPS) is 12.2. The largest absolute Gasteiger partial charge is 0.375 e. The van der Waals surface area contributed by atoms with Crippen LogP contribution in [0.25, 0.3) is 0 Å². The summed E-state index contributed by atoms with van der Waals surface area (Å²) in [5.41, 5.74) is 1.45. The van der Waals surface area contributed by atoms with Gasteiger partial charge in [-0.3, -0.25) is 0 Å². The Hall–Kier alpha value is -1.62. The minimum atomic E-state index is -3.68. The first-order valence-electron chi connectivity index (χ1n) is 6.19. The number of hydrogen-bond donors (Lipinski definition) is 0. The van der Waals surface area contributed by atoms with Crippen molar-refractivity contribution >= 4 is 9.84 Å². The third-order valence-corrected chi connectivity index (χ3v) is 4.22. The van der Waals surface area contributed by atoms with E-state index in [1.807, 2.05) is 6.92 Å². The monoisotopic (exact) mass is 297 g/mol. The van der Waals surface area contributed by atoms with Crippen LogP contribution in [0.2, 0.25) is 0 Å². The Labute approximate surface area is 120 Å². The summed E-state index contributed by atoms with van der Waals surface area (Å²) in [7, 11) is -0.457. The predicted molar refractivity (Wildman–Crippen MR) is 79.6 cm³/mol. The molecule has 0 aliphatic rings. The van der Waals surface area contributed by atoms with Crippen molar-refractivity contribution in [2.75, 3.05) is 14.1 Å². The number of halogens is 1. The van der Waals surface area contributed by atoms with E-state index in [0.29, 0.717) is 5.57 Å². The minimum Gasteiger partial charge on any atom is -0.375 e. The average molecular weight is 297 g/mol. The predicted octanol–water partition coefficient (Wildman–Crippen LogP) is 3.44. The highest BCUT2D eigenvalue weighted by Gasteiger charge is 2.17. The van der Waals surface area contributed by atoms with Crippen LogP contribution in [0.5, 0.6) is 0 Å². The molecular weight excluding hydrogens is 277 g/mol. The quantitative estimate of drug-likeness (QED) is 0.799. The van der Waals surface area contributed by atoms with Crippen LogP contribution in [0.15, 0.2) is 51.7 Å². The van der Waals surface area contributed by atoms with Gasteiger partial charge in [0.15, 0.2) is 0 Å². The van der Waals surface area contributed by atoms with Gasteiger partial charge in [-0.15, -0.1) is 0 Å². The molecule has 0 N–H and O–H groups in total. The smallest absolute Gasteiger partial charge is 0.201 e. The zero-order valence-electron chi connectivity index (χ0n) is 12.4. The first-order valence-corrected chi connectivity index (χ1v) is 7.74. The van der Waals surface area contributed by atoms with E-state index >= 15 is 0 Å². The molecule has 0 aromatic heterocycles. The Bertz CT molecular complexity index is 637. The van der Waals surface area contributed by atoms with Crippen LogP contribution in [0.4, 0.5) is 4.39 Å². The lowest BCUT2D eigenvalue weighted by molar-refractivity contribution is 0.473. The van der Waals surface area contributed by atoms with E-state index in [1.165, 1.54) is 17.0 Å². The van der Waals surface area contributed by atoms with Crippen LogP contribution in [0, 0.1) is 6.92 Å². The Morgan fingerprint density at radius 3 is 2.05 bits per heavy atom. The Balaban J connectivity index is 3.36. The van der Waals surface area contributed by atoms with E-state index in [0.717, 1.165) is 11.0 Å². The Kier molecular flexibility index (Phi) is 5.11. The van der Waals surface area contributed by atoms with E-state index in [2.05, 4.69) is 0 Å². The zero-order valence-corrected chi connectivity index (χ0v) is 13.3. The van der Waals surface area contributed by atoms with Crippen molar-refractivity contribution in [2.45, 2.75) is 25.7 Å². The zero-order chi connectivity index (χ0) is 15.5. The topological polar surface area (TPSA) is 37.4 Å². The molecule has 0 aliphatic heterocycles. The highest BCUT2D eigenvalue weighted by Crippen LogP contribution is 2.22. The van der Waals surface area contributed by atoms with E-state index in [-0.39, 0.29) is 10.6 Å². The highest BCUT2D eigenvalue weighted by atomic mass is 32.2. The molecule has 110 valence electrons. The third-order valence-electron chi connectivity index (χ3n) is 2.76. The van der Waals surface area contributed by atoms with Gasteiger partial charge in [0.2, 0.25) is 9.84 Å². The average Bonchev–Trinajstić information content (AvgIpc) is 2.35. The molecule has 0 amide bonds. The van der Waals surface area contributed by atoms with Crippen molar-refractivity contribution in [2.24, 2.45) is 0 Å². The number of aryl methyl sites for hydroxylation is 1. The van der Waals surface area contributed by atoms with Crippen molar-refractivity contribution in [3.8, 4) is 0 Å². The van der Waals surface area contributed by atoms with E-state index in [1.54, 1.807) is 40.1 Å². The minimum absolute atomic E-state index is 0.0468. The summed E-state index contributed by atoms with van der Waals surface area (Å²) >= 11 is 0. The molecule has 1 aromatic carbocycles. The molecule has 0 atom stereocenters. The lowest BCUT2D eigenvalue weighted by Gasteiger charge is -2.16. The molecule has 0 bridgehead atoms. The second kappa shape index (κ2) is 6.22. The number of nitrogens with zero attached hydrogens (tertiary/aromatic N) is 1. The summed E-state index contributed by atoms with van der Waals surface area (Å²) in [6, 6.07) is 6.48. The SMILES string of the molecule is CC(C)=C(F)/C(=C/S(=O)(=O)c1ccc(C)cc1)N(C)C. The third kappa shape index (κ3) is 3.93. The van der Waals surface area contributed by atoms with Gasteiger partial charge in [-0.25, -0.2) is 12.8 Å². The van der Waals surface area contributed by atoms with Gasteiger partial charge in [-0.1, -0.05) is 17.7 Å². The molecule has 0 unspecified atom stereocenters. The lowest BCUT2D eigenvalue weighted by Crippen LogP contribution is -2.14. The Morgan fingerprint density at radius 1 is 1.15 bits per heavy atom. The van der Waals surface area contributed by atoms with Gasteiger partial charge in [0.25, 0.3) is 0 Å². The molecule has 0 heterocycles. The van der Waals surface area contributed by atoms with Crippen molar-refractivity contribution in [3.05, 3.63) is 52.3 Å². The fourth-order valence-corrected chi connectivity index (χ4v) is 2.81. The maximum absolute atomic E-state index is 14.1. The van der Waals surface area contributed by atoms with Gasteiger partial charge in [0, 0.05) is 14.1 Å². The molecular formula is C15H20FNO2S. The summed E-state index contributed by atoms with van der Waals surface area (Å²) in [5.74, 6) is -0.523. The van der Waals surface area contributed by atoms with Gasteiger partial charge in [-0.05, 0) is 38.5 Å². The molecule has 0 aliphatic carbocycles. The van der Waals surface area contributed by atoms with Crippen LogP contribution < -0.4 is 0 Å². The summed E-state index contributed by atoms with van der Waals surface area (Å²) in [5, 5.41) is 0.972. The molecule has 3 nitrogen and oxygen atoms in total. The molecule has 20 heavy (non-hydrogen) atoms. The molecule has 1 rings (SSSR count). The Morgan fingerprint density at radius 2 is 1.65 bits per heavy atom. The second-order valence-corrected chi connectivity index (χ2v) is 6.87. The molecule has 1 aromatic rings. The molecule has 0 spiro atoms. The van der Waals surface area contributed by atoms with Crippen molar-refractivity contribution in [3.63, 3.8) is 0 Å². The van der Waals surface area contributed by atoms with Gasteiger partial charge in [0.1, 0.15) is 5.83 Å². The second-order valence-electron chi connectivity index (χ2n) is 5.07. The first-order chi connectivity index (χ1) is 9.15. The van der Waals surface area contributed by atoms with Crippen LogP contribution in [0.3, 0.4) is 0 Å². The van der Waals surface area contributed by atoms with Gasteiger partial charge in [0.05, 0.1) is 16.0 Å². The molecule has 0 fully saturated rings. The van der Waals surface area contributed by atoms with E-state index in [9.17, 15) is 12.8 Å². The summed E-state index contributed by atoms with van der Waals surface area (Å²) in [4.78, 5) is 1.61. The fourth-order valence-electron chi connectivity index (χ4n) is 1.55. The van der Waals surface area contributed by atoms with E-state index in [4.69, 9.17) is 0 Å². The van der Waals surface area contributed by atoms with Crippen LogP contribution in [0.1, 0.15) is 19.4 Å². The number of allylic oxidation sites excluding steroid dienone is 2. The summed E-state index contributed by atoms with van der Waals surface area (Å²) in [6.45, 7) is 5.08. The fraction of sp³-hybridized carbons (Fsp3) is 0.333. The van der Waals surface area contributed by atoms with Gasteiger partial charge < -0.3 is 4.90 Å². The van der Waals surface area contributed by atoms with Gasteiger partial charge in [-0.2, -0.15) is 0 Å². The summed E-state index contributed by atoms with van der Waals surface area (Å²) < 4.78 is 38.6. The number of likely N-dealkylation sites (N-methyl/N-ethyl adjacent to an activating group) is 1. The maximum Gasteiger partial charge on any atom is 0.201 e. The lowest BCUT2D eigenvalue weighted by atomic mass is 10.2.